The third kappa shape index (κ3) is 3.10. The SMILES string of the molecule is COc1cccc2c(NC3CCCC(SC)C3)nccc12. The van der Waals surface area contributed by atoms with Crippen molar-refractivity contribution in [3.05, 3.63) is 30.5 Å². The Balaban J connectivity index is 1.87. The predicted octanol–water partition coefficient (Wildman–Crippen LogP) is 4.33. The Morgan fingerprint density at radius 3 is 2.95 bits per heavy atom. The molecule has 1 fully saturated rings. The van der Waals surface area contributed by atoms with Gasteiger partial charge in [-0.3, -0.25) is 0 Å². The number of nitrogens with one attached hydrogen (secondary N) is 1. The first kappa shape index (κ1) is 14.5. The molecule has 21 heavy (non-hydrogen) atoms. The summed E-state index contributed by atoms with van der Waals surface area (Å²) in [5, 5.41) is 6.70. The number of aromatic nitrogens is 1. The molecule has 2 unspecified atom stereocenters. The summed E-state index contributed by atoms with van der Waals surface area (Å²) in [4.78, 5) is 4.55. The Morgan fingerprint density at radius 1 is 1.24 bits per heavy atom. The van der Waals surface area contributed by atoms with Gasteiger partial charge in [-0.15, -0.1) is 0 Å². The average molecular weight is 302 g/mol. The maximum absolute atomic E-state index is 5.45. The molecule has 112 valence electrons. The van der Waals surface area contributed by atoms with Crippen LogP contribution in [-0.4, -0.2) is 29.6 Å². The van der Waals surface area contributed by atoms with Gasteiger partial charge in [-0.1, -0.05) is 18.6 Å². The normalized spacial score (nSPS) is 22.2. The van der Waals surface area contributed by atoms with E-state index in [1.54, 1.807) is 7.11 Å². The summed E-state index contributed by atoms with van der Waals surface area (Å²) in [5.41, 5.74) is 0. The summed E-state index contributed by atoms with van der Waals surface area (Å²) in [5.74, 6) is 1.89. The first-order chi connectivity index (χ1) is 10.3. The van der Waals surface area contributed by atoms with Gasteiger partial charge in [0.25, 0.3) is 0 Å². The Labute approximate surface area is 130 Å². The molecule has 0 spiro atoms. The molecule has 1 aliphatic rings. The molecule has 1 aliphatic carbocycles. The maximum Gasteiger partial charge on any atom is 0.134 e. The van der Waals surface area contributed by atoms with Gasteiger partial charge >= 0.3 is 0 Å². The van der Waals surface area contributed by atoms with E-state index in [0.717, 1.165) is 27.6 Å². The molecular formula is C17H22N2OS. The van der Waals surface area contributed by atoms with Crippen molar-refractivity contribution < 1.29 is 4.74 Å². The molecule has 3 rings (SSSR count). The number of anilines is 1. The van der Waals surface area contributed by atoms with Crippen molar-refractivity contribution >= 4 is 28.4 Å². The molecule has 0 amide bonds. The van der Waals surface area contributed by atoms with Crippen LogP contribution in [0.5, 0.6) is 5.75 Å². The van der Waals surface area contributed by atoms with E-state index in [1.165, 1.54) is 25.7 Å². The molecule has 0 aliphatic heterocycles. The zero-order valence-corrected chi connectivity index (χ0v) is 13.5. The summed E-state index contributed by atoms with van der Waals surface area (Å²) in [6.45, 7) is 0. The van der Waals surface area contributed by atoms with Gasteiger partial charge < -0.3 is 10.1 Å². The van der Waals surface area contributed by atoms with Gasteiger partial charge in [0, 0.05) is 28.3 Å². The van der Waals surface area contributed by atoms with Crippen molar-refractivity contribution in [2.24, 2.45) is 0 Å². The van der Waals surface area contributed by atoms with Crippen molar-refractivity contribution in [3.63, 3.8) is 0 Å². The van der Waals surface area contributed by atoms with Gasteiger partial charge in [-0.2, -0.15) is 11.8 Å². The monoisotopic (exact) mass is 302 g/mol. The van der Waals surface area contributed by atoms with Crippen LogP contribution in [0.25, 0.3) is 10.8 Å². The first-order valence-electron chi connectivity index (χ1n) is 7.53. The molecule has 1 saturated carbocycles. The lowest BCUT2D eigenvalue weighted by molar-refractivity contribution is 0.420. The summed E-state index contributed by atoms with van der Waals surface area (Å²) >= 11 is 1.99. The van der Waals surface area contributed by atoms with Crippen LogP contribution in [0.1, 0.15) is 25.7 Å². The van der Waals surface area contributed by atoms with Crippen molar-refractivity contribution in [2.75, 3.05) is 18.7 Å². The number of pyridine rings is 1. The molecule has 0 bridgehead atoms. The molecule has 1 heterocycles. The Morgan fingerprint density at radius 2 is 2.14 bits per heavy atom. The van der Waals surface area contributed by atoms with E-state index in [9.17, 15) is 0 Å². The summed E-state index contributed by atoms with van der Waals surface area (Å²) in [7, 11) is 1.71. The van der Waals surface area contributed by atoms with Crippen LogP contribution in [0.4, 0.5) is 5.82 Å². The first-order valence-corrected chi connectivity index (χ1v) is 8.81. The van der Waals surface area contributed by atoms with Crippen LogP contribution >= 0.6 is 11.8 Å². The summed E-state index contributed by atoms with van der Waals surface area (Å²) < 4.78 is 5.45. The van der Waals surface area contributed by atoms with Crippen molar-refractivity contribution in [3.8, 4) is 5.75 Å². The minimum Gasteiger partial charge on any atom is -0.496 e. The fourth-order valence-electron chi connectivity index (χ4n) is 3.15. The minimum atomic E-state index is 0.528. The van der Waals surface area contributed by atoms with E-state index < -0.39 is 0 Å². The summed E-state index contributed by atoms with van der Waals surface area (Å²) in [6, 6.07) is 8.68. The molecule has 1 aromatic carbocycles. The average Bonchev–Trinajstić information content (AvgIpc) is 2.55. The third-order valence-electron chi connectivity index (χ3n) is 4.29. The maximum atomic E-state index is 5.45. The zero-order valence-electron chi connectivity index (χ0n) is 12.6. The van der Waals surface area contributed by atoms with E-state index in [4.69, 9.17) is 4.74 Å². The molecule has 1 N–H and O–H groups in total. The molecule has 2 aromatic rings. The smallest absolute Gasteiger partial charge is 0.134 e. The highest BCUT2D eigenvalue weighted by atomic mass is 32.2. The molecule has 0 saturated heterocycles. The number of hydrogen-bond donors (Lipinski definition) is 1. The number of methoxy groups -OCH3 is 1. The summed E-state index contributed by atoms with van der Waals surface area (Å²) in [6.07, 6.45) is 9.19. The Bertz CT molecular complexity index is 617. The van der Waals surface area contributed by atoms with Crippen LogP contribution in [0, 0.1) is 0 Å². The highest BCUT2D eigenvalue weighted by Crippen LogP contribution is 2.32. The van der Waals surface area contributed by atoms with Crippen molar-refractivity contribution in [1.82, 2.24) is 4.98 Å². The molecule has 1 aromatic heterocycles. The van der Waals surface area contributed by atoms with E-state index in [0.29, 0.717) is 6.04 Å². The van der Waals surface area contributed by atoms with Crippen LogP contribution in [0.15, 0.2) is 30.5 Å². The van der Waals surface area contributed by atoms with Crippen LogP contribution in [0.3, 0.4) is 0 Å². The highest BCUT2D eigenvalue weighted by molar-refractivity contribution is 7.99. The van der Waals surface area contributed by atoms with Gasteiger partial charge in [-0.25, -0.2) is 4.98 Å². The Hall–Kier alpha value is -1.42. The molecule has 2 atom stereocenters. The zero-order chi connectivity index (χ0) is 14.7. The fraction of sp³-hybridized carbons (Fsp3) is 0.471. The third-order valence-corrected chi connectivity index (χ3v) is 5.38. The van der Waals surface area contributed by atoms with E-state index in [-0.39, 0.29) is 0 Å². The van der Waals surface area contributed by atoms with E-state index in [1.807, 2.05) is 36.2 Å². The lowest BCUT2D eigenvalue weighted by atomic mass is 9.95. The molecule has 0 radical (unpaired) electrons. The topological polar surface area (TPSA) is 34.1 Å². The van der Waals surface area contributed by atoms with Crippen molar-refractivity contribution in [2.45, 2.75) is 37.0 Å². The van der Waals surface area contributed by atoms with Gasteiger partial charge in [0.05, 0.1) is 7.11 Å². The second-order valence-corrected chi connectivity index (χ2v) is 6.72. The second kappa shape index (κ2) is 6.56. The number of hydrogen-bond acceptors (Lipinski definition) is 4. The highest BCUT2D eigenvalue weighted by Gasteiger charge is 2.22. The van der Waals surface area contributed by atoms with Crippen LogP contribution in [0.2, 0.25) is 0 Å². The van der Waals surface area contributed by atoms with Gasteiger partial charge in [0.15, 0.2) is 0 Å². The van der Waals surface area contributed by atoms with Crippen LogP contribution < -0.4 is 10.1 Å². The van der Waals surface area contributed by atoms with E-state index in [2.05, 4.69) is 22.6 Å². The largest absolute Gasteiger partial charge is 0.496 e. The number of ether oxygens (including phenoxy) is 1. The Kier molecular flexibility index (Phi) is 4.54. The number of thioether (sulfide) groups is 1. The van der Waals surface area contributed by atoms with Crippen molar-refractivity contribution in [1.29, 1.82) is 0 Å². The standard InChI is InChI=1S/C17H22N2OS/c1-20-16-8-4-7-15-14(16)9-10-18-17(15)19-12-5-3-6-13(11-12)21-2/h4,7-10,12-13H,3,5-6,11H2,1-2H3,(H,18,19). The van der Waals surface area contributed by atoms with Gasteiger partial charge in [0.2, 0.25) is 0 Å². The van der Waals surface area contributed by atoms with Gasteiger partial charge in [0.1, 0.15) is 11.6 Å². The number of fused-ring (bicyclic) bond motifs is 1. The van der Waals surface area contributed by atoms with Crippen LogP contribution in [-0.2, 0) is 0 Å². The quantitative estimate of drug-likeness (QED) is 0.911. The minimum absolute atomic E-state index is 0.528. The fourth-order valence-corrected chi connectivity index (χ4v) is 3.98. The van der Waals surface area contributed by atoms with E-state index >= 15 is 0 Å². The second-order valence-electron chi connectivity index (χ2n) is 5.58. The number of rotatable bonds is 4. The molecule has 4 heteroatoms. The van der Waals surface area contributed by atoms with Gasteiger partial charge in [-0.05, 0) is 37.7 Å². The predicted molar refractivity (Wildman–Crippen MR) is 91.5 cm³/mol. The number of nitrogens with zero attached hydrogens (tertiary/aromatic N) is 1. The number of benzene rings is 1. The molecular weight excluding hydrogens is 280 g/mol. The molecule has 3 nitrogen and oxygen atoms in total. The lowest BCUT2D eigenvalue weighted by Gasteiger charge is -2.29. The lowest BCUT2D eigenvalue weighted by Crippen LogP contribution is -2.28.